The van der Waals surface area contributed by atoms with Crippen LogP contribution in [0.3, 0.4) is 0 Å². The van der Waals surface area contributed by atoms with Gasteiger partial charge in [-0.05, 0) is 38.8 Å². The summed E-state index contributed by atoms with van der Waals surface area (Å²) in [5, 5.41) is 6.70. The van der Waals surface area contributed by atoms with Crippen molar-refractivity contribution in [2.24, 2.45) is 0 Å². The minimum atomic E-state index is -3.72. The Hall–Kier alpha value is -2.35. The first kappa shape index (κ1) is 16.5. The second-order valence-corrected chi connectivity index (χ2v) is 7.48. The Morgan fingerprint density at radius 2 is 2.04 bits per heavy atom. The molecule has 0 spiro atoms. The van der Waals surface area contributed by atoms with E-state index in [1.54, 1.807) is 31.2 Å². The van der Waals surface area contributed by atoms with E-state index in [0.717, 1.165) is 5.56 Å². The fraction of sp³-hybridized carbons (Fsp3) is 0.375. The van der Waals surface area contributed by atoms with Crippen LogP contribution in [-0.2, 0) is 21.2 Å². The van der Waals surface area contributed by atoms with Crippen LogP contribution in [0.25, 0.3) is 0 Å². The van der Waals surface area contributed by atoms with Crippen LogP contribution in [-0.4, -0.2) is 37.7 Å². The van der Waals surface area contributed by atoms with Crippen molar-refractivity contribution in [1.82, 2.24) is 10.2 Å². The van der Waals surface area contributed by atoms with Gasteiger partial charge in [0.1, 0.15) is 5.69 Å². The number of carbonyl (C=O) groups is 1. The Kier molecular flexibility index (Phi) is 4.31. The van der Waals surface area contributed by atoms with E-state index >= 15 is 0 Å². The molecule has 2 aromatic rings. The molecule has 0 saturated carbocycles. The van der Waals surface area contributed by atoms with Crippen LogP contribution in [0.1, 0.15) is 35.0 Å². The lowest BCUT2D eigenvalue weighted by Crippen LogP contribution is -2.35. The smallest absolute Gasteiger partial charge is 0.356 e. The number of hydrogen-bond acceptors (Lipinski definition) is 5. The van der Waals surface area contributed by atoms with Crippen molar-refractivity contribution in [2.75, 3.05) is 17.5 Å². The van der Waals surface area contributed by atoms with Crippen molar-refractivity contribution < 1.29 is 17.9 Å². The Balaban J connectivity index is 2.01. The van der Waals surface area contributed by atoms with Gasteiger partial charge in [0.15, 0.2) is 5.82 Å². The van der Waals surface area contributed by atoms with Gasteiger partial charge in [0.05, 0.1) is 11.5 Å². The number of rotatable bonds is 4. The standard InChI is InChI=1S/C16H19N3O4S/c1-3-23-16(20)14-13-5-4-10-19(15(13)18-17-14)24(21,22)12-8-6-11(2)7-9-12/h6-9H,3-5,10H2,1-2H3,(H,17,18). The number of carbonyl (C=O) groups excluding carboxylic acids is 1. The van der Waals surface area contributed by atoms with Gasteiger partial charge < -0.3 is 4.74 Å². The molecular formula is C16H19N3O4S. The van der Waals surface area contributed by atoms with E-state index in [4.69, 9.17) is 4.74 Å². The lowest BCUT2D eigenvalue weighted by atomic mass is 10.1. The molecule has 7 nitrogen and oxygen atoms in total. The quantitative estimate of drug-likeness (QED) is 0.853. The molecule has 0 bridgehead atoms. The van der Waals surface area contributed by atoms with Crippen molar-refractivity contribution in [3.05, 3.63) is 41.1 Å². The normalized spacial score (nSPS) is 14.3. The number of hydrogen-bond donors (Lipinski definition) is 1. The zero-order valence-corrected chi connectivity index (χ0v) is 14.4. The SMILES string of the molecule is CCOC(=O)c1[nH]nc2c1CCCN2S(=O)(=O)c1ccc(C)cc1. The number of H-pyrrole nitrogens is 1. The van der Waals surface area contributed by atoms with Crippen molar-refractivity contribution in [1.29, 1.82) is 0 Å². The van der Waals surface area contributed by atoms with E-state index in [1.165, 1.54) is 4.31 Å². The van der Waals surface area contributed by atoms with Gasteiger partial charge in [-0.15, -0.1) is 0 Å². The first-order chi connectivity index (χ1) is 11.4. The molecule has 2 heterocycles. The third kappa shape index (κ3) is 2.77. The van der Waals surface area contributed by atoms with Gasteiger partial charge in [-0.1, -0.05) is 17.7 Å². The average Bonchev–Trinajstić information content (AvgIpc) is 2.99. The molecule has 0 saturated heterocycles. The fourth-order valence-corrected chi connectivity index (χ4v) is 4.23. The number of nitrogens with zero attached hydrogens (tertiary/aromatic N) is 2. The van der Waals surface area contributed by atoms with Crippen molar-refractivity contribution in [2.45, 2.75) is 31.6 Å². The number of aromatic nitrogens is 2. The summed E-state index contributed by atoms with van der Waals surface area (Å²) in [7, 11) is -3.72. The van der Waals surface area contributed by atoms with E-state index < -0.39 is 16.0 Å². The molecule has 0 unspecified atom stereocenters. The highest BCUT2D eigenvalue weighted by molar-refractivity contribution is 7.92. The molecule has 1 N–H and O–H groups in total. The maximum absolute atomic E-state index is 12.9. The zero-order valence-electron chi connectivity index (χ0n) is 13.6. The second kappa shape index (κ2) is 6.27. The van der Waals surface area contributed by atoms with E-state index in [9.17, 15) is 13.2 Å². The number of esters is 1. The minimum Gasteiger partial charge on any atom is -0.461 e. The van der Waals surface area contributed by atoms with Gasteiger partial charge in [0.25, 0.3) is 10.0 Å². The van der Waals surface area contributed by atoms with Crippen LogP contribution in [0.4, 0.5) is 5.82 Å². The molecule has 8 heteroatoms. The van der Waals surface area contributed by atoms with Crippen molar-refractivity contribution in [3.63, 3.8) is 0 Å². The maximum Gasteiger partial charge on any atom is 0.356 e. The Morgan fingerprint density at radius 1 is 1.33 bits per heavy atom. The Morgan fingerprint density at radius 3 is 2.71 bits per heavy atom. The molecular weight excluding hydrogens is 330 g/mol. The Labute approximate surface area is 140 Å². The zero-order chi connectivity index (χ0) is 17.3. The van der Waals surface area contributed by atoms with Gasteiger partial charge in [0.2, 0.25) is 0 Å². The summed E-state index contributed by atoms with van der Waals surface area (Å²) in [5.74, 6) is -0.231. The van der Waals surface area contributed by atoms with Gasteiger partial charge in [-0.2, -0.15) is 5.10 Å². The van der Waals surface area contributed by atoms with Crippen LogP contribution < -0.4 is 4.31 Å². The first-order valence-electron chi connectivity index (χ1n) is 7.79. The predicted molar refractivity (Wildman–Crippen MR) is 88.6 cm³/mol. The van der Waals surface area contributed by atoms with E-state index in [1.807, 2.05) is 6.92 Å². The highest BCUT2D eigenvalue weighted by Gasteiger charge is 2.34. The number of fused-ring (bicyclic) bond motifs is 1. The highest BCUT2D eigenvalue weighted by Crippen LogP contribution is 2.32. The molecule has 0 atom stereocenters. The summed E-state index contributed by atoms with van der Waals surface area (Å²) in [5.41, 5.74) is 1.81. The summed E-state index contributed by atoms with van der Waals surface area (Å²) >= 11 is 0. The summed E-state index contributed by atoms with van der Waals surface area (Å²) in [6.07, 6.45) is 1.20. The molecule has 24 heavy (non-hydrogen) atoms. The predicted octanol–water partition coefficient (Wildman–Crippen LogP) is 2.04. The largest absolute Gasteiger partial charge is 0.461 e. The third-order valence-electron chi connectivity index (χ3n) is 3.96. The number of anilines is 1. The van der Waals surface area contributed by atoms with Gasteiger partial charge in [0, 0.05) is 12.1 Å². The van der Waals surface area contributed by atoms with Gasteiger partial charge in [-0.25, -0.2) is 17.5 Å². The molecule has 1 aromatic carbocycles. The number of ether oxygens (including phenoxy) is 1. The third-order valence-corrected chi connectivity index (χ3v) is 5.76. The molecule has 3 rings (SSSR count). The lowest BCUT2D eigenvalue weighted by molar-refractivity contribution is 0.0518. The highest BCUT2D eigenvalue weighted by atomic mass is 32.2. The molecule has 0 amide bonds. The van der Waals surface area contributed by atoms with Crippen LogP contribution in [0, 0.1) is 6.92 Å². The van der Waals surface area contributed by atoms with E-state index in [0.29, 0.717) is 24.9 Å². The summed E-state index contributed by atoms with van der Waals surface area (Å²) in [6, 6.07) is 6.67. The Bertz CT molecular complexity index is 856. The van der Waals surface area contributed by atoms with Gasteiger partial charge in [-0.3, -0.25) is 5.10 Å². The number of sulfonamides is 1. The molecule has 1 aromatic heterocycles. The summed E-state index contributed by atoms with van der Waals surface area (Å²) in [4.78, 5) is 12.2. The average molecular weight is 349 g/mol. The summed E-state index contributed by atoms with van der Waals surface area (Å²) < 4.78 is 32.1. The molecule has 1 aliphatic rings. The van der Waals surface area contributed by atoms with Crippen LogP contribution in [0.2, 0.25) is 0 Å². The van der Waals surface area contributed by atoms with Gasteiger partial charge >= 0.3 is 5.97 Å². The van der Waals surface area contributed by atoms with Crippen LogP contribution >= 0.6 is 0 Å². The molecule has 0 aliphatic carbocycles. The summed E-state index contributed by atoms with van der Waals surface area (Å²) in [6.45, 7) is 4.19. The lowest BCUT2D eigenvalue weighted by Gasteiger charge is -2.27. The maximum atomic E-state index is 12.9. The minimum absolute atomic E-state index is 0.210. The molecule has 1 aliphatic heterocycles. The number of benzene rings is 1. The number of nitrogens with one attached hydrogen (secondary N) is 1. The number of aromatic amines is 1. The second-order valence-electron chi connectivity index (χ2n) is 5.62. The van der Waals surface area contributed by atoms with Crippen LogP contribution in [0.5, 0.6) is 0 Å². The first-order valence-corrected chi connectivity index (χ1v) is 9.23. The van der Waals surface area contributed by atoms with Crippen molar-refractivity contribution >= 4 is 21.8 Å². The fourth-order valence-electron chi connectivity index (χ4n) is 2.75. The van der Waals surface area contributed by atoms with E-state index in [2.05, 4.69) is 10.2 Å². The van der Waals surface area contributed by atoms with Crippen LogP contribution in [0.15, 0.2) is 29.2 Å². The van der Waals surface area contributed by atoms with E-state index in [-0.39, 0.29) is 23.0 Å². The van der Waals surface area contributed by atoms with Crippen molar-refractivity contribution in [3.8, 4) is 0 Å². The molecule has 128 valence electrons. The number of aryl methyl sites for hydroxylation is 1. The molecule has 0 radical (unpaired) electrons. The molecule has 0 fully saturated rings. The monoisotopic (exact) mass is 349 g/mol. The topological polar surface area (TPSA) is 92.4 Å².